The lowest BCUT2D eigenvalue weighted by Crippen LogP contribution is -2.06. The molecule has 6 aromatic rings. The van der Waals surface area contributed by atoms with Gasteiger partial charge in [0.1, 0.15) is 0 Å². The van der Waals surface area contributed by atoms with Gasteiger partial charge in [-0.2, -0.15) is 11.8 Å². The summed E-state index contributed by atoms with van der Waals surface area (Å²) in [5.74, 6) is 1.06. The van der Waals surface area contributed by atoms with Gasteiger partial charge in [-0.3, -0.25) is 0 Å². The highest BCUT2D eigenvalue weighted by Crippen LogP contribution is 2.37. The van der Waals surface area contributed by atoms with Crippen LogP contribution in [-0.2, 0) is 19.3 Å². The van der Waals surface area contributed by atoms with Crippen LogP contribution >= 0.6 is 23.1 Å². The molecule has 0 spiro atoms. The molecule has 5 aromatic carbocycles. The van der Waals surface area contributed by atoms with Crippen LogP contribution in [0.4, 0.5) is 0 Å². The number of aryl methyl sites for hydroxylation is 1. The van der Waals surface area contributed by atoms with Crippen LogP contribution in [0.1, 0.15) is 33.2 Å². The normalized spacial score (nSPS) is 12.2. The number of fused-ring (bicyclic) bond motifs is 2. The second kappa shape index (κ2) is 11.3. The van der Waals surface area contributed by atoms with Crippen molar-refractivity contribution in [3.05, 3.63) is 148 Å². The second-order valence-corrected chi connectivity index (χ2v) is 11.5. The Balaban J connectivity index is 1.35. The molecule has 1 nitrogen and oxygen atoms in total. The van der Waals surface area contributed by atoms with Gasteiger partial charge in [-0.25, -0.2) is 4.98 Å². The number of hydrogen-bond acceptors (Lipinski definition) is 3. The van der Waals surface area contributed by atoms with Gasteiger partial charge in [0.2, 0.25) is 0 Å². The summed E-state index contributed by atoms with van der Waals surface area (Å²) < 4.78 is 0. The molecule has 0 saturated heterocycles. The van der Waals surface area contributed by atoms with E-state index >= 15 is 0 Å². The monoisotopic (exact) mass is 515 g/mol. The first-order valence-electron chi connectivity index (χ1n) is 12.8. The summed E-state index contributed by atoms with van der Waals surface area (Å²) in [7, 11) is 0. The van der Waals surface area contributed by atoms with E-state index < -0.39 is 0 Å². The summed E-state index contributed by atoms with van der Waals surface area (Å²) in [4.78, 5) is 4.52. The third-order valence-electron chi connectivity index (χ3n) is 7.11. The summed E-state index contributed by atoms with van der Waals surface area (Å²) in [6, 6.07) is 40.0. The largest absolute Gasteiger partial charge is 0.250 e. The van der Waals surface area contributed by atoms with E-state index in [9.17, 15) is 0 Å². The molecule has 1 unspecified atom stereocenters. The maximum absolute atomic E-state index is 4.52. The Morgan fingerprint density at radius 2 is 1.27 bits per heavy atom. The molecule has 37 heavy (non-hydrogen) atoms. The molecule has 1 atom stereocenters. The zero-order valence-electron chi connectivity index (χ0n) is 20.7. The number of thioether (sulfide) groups is 1. The average molecular weight is 516 g/mol. The van der Waals surface area contributed by atoms with Gasteiger partial charge in [-0.05, 0) is 68.8 Å². The standard InChI is InChI=1S/C34H29NS2/c1-4-16-31-25(9-1)12-7-14-27(31)21-28-11-3-6-18-33(28)34(37-20-19-30-23-36-24-35-30)22-29-15-8-13-26-10-2-5-17-32(26)29/h1-18,23-24,34H,19-22H2. The Labute approximate surface area is 227 Å². The van der Waals surface area contributed by atoms with Crippen molar-refractivity contribution >= 4 is 44.6 Å². The van der Waals surface area contributed by atoms with Crippen molar-refractivity contribution in [3.8, 4) is 0 Å². The van der Waals surface area contributed by atoms with Gasteiger partial charge >= 0.3 is 0 Å². The average Bonchev–Trinajstić information content (AvgIpc) is 3.47. The molecule has 0 amide bonds. The molecule has 0 saturated carbocycles. The lowest BCUT2D eigenvalue weighted by Gasteiger charge is -2.22. The van der Waals surface area contributed by atoms with Gasteiger partial charge in [0, 0.05) is 10.6 Å². The fourth-order valence-electron chi connectivity index (χ4n) is 5.26. The number of benzene rings is 5. The van der Waals surface area contributed by atoms with Crippen molar-refractivity contribution in [2.24, 2.45) is 0 Å². The molecule has 0 aliphatic heterocycles. The van der Waals surface area contributed by atoms with Crippen molar-refractivity contribution in [1.82, 2.24) is 4.98 Å². The van der Waals surface area contributed by atoms with Crippen molar-refractivity contribution in [2.75, 3.05) is 5.75 Å². The highest BCUT2D eigenvalue weighted by molar-refractivity contribution is 7.99. The van der Waals surface area contributed by atoms with Crippen molar-refractivity contribution in [3.63, 3.8) is 0 Å². The fourth-order valence-corrected chi connectivity index (χ4v) is 7.17. The molecule has 6 rings (SSSR count). The number of hydrogen-bond donors (Lipinski definition) is 0. The zero-order chi connectivity index (χ0) is 24.9. The van der Waals surface area contributed by atoms with Crippen LogP contribution in [0.3, 0.4) is 0 Å². The molecule has 0 fully saturated rings. The molecule has 0 aliphatic rings. The van der Waals surface area contributed by atoms with Crippen LogP contribution in [0.15, 0.2) is 120 Å². The van der Waals surface area contributed by atoms with Gasteiger partial charge in [0.05, 0.1) is 11.2 Å². The zero-order valence-corrected chi connectivity index (χ0v) is 22.3. The first-order valence-corrected chi connectivity index (χ1v) is 14.8. The molecule has 0 radical (unpaired) electrons. The summed E-state index contributed by atoms with van der Waals surface area (Å²) in [5, 5.41) is 7.88. The lowest BCUT2D eigenvalue weighted by molar-refractivity contribution is 0.914. The molecule has 0 aliphatic carbocycles. The van der Waals surface area contributed by atoms with E-state index in [4.69, 9.17) is 0 Å². The first kappa shape index (κ1) is 24.0. The van der Waals surface area contributed by atoms with Crippen molar-refractivity contribution in [2.45, 2.75) is 24.5 Å². The van der Waals surface area contributed by atoms with E-state index in [1.165, 1.54) is 49.5 Å². The van der Waals surface area contributed by atoms with Crippen LogP contribution in [0.25, 0.3) is 21.5 Å². The van der Waals surface area contributed by atoms with Crippen LogP contribution in [0.2, 0.25) is 0 Å². The fraction of sp³-hybridized carbons (Fsp3) is 0.147. The van der Waals surface area contributed by atoms with Crippen LogP contribution in [0.5, 0.6) is 0 Å². The molecule has 1 heterocycles. The van der Waals surface area contributed by atoms with Gasteiger partial charge in [0.15, 0.2) is 0 Å². The van der Waals surface area contributed by atoms with E-state index in [1.807, 2.05) is 5.51 Å². The predicted molar refractivity (Wildman–Crippen MR) is 162 cm³/mol. The molecule has 1 aromatic heterocycles. The maximum atomic E-state index is 4.52. The number of rotatable bonds is 9. The third-order valence-corrected chi connectivity index (χ3v) is 9.01. The Kier molecular flexibility index (Phi) is 7.34. The SMILES string of the molecule is c1ccc(C(Cc2cccc3ccccc23)SCCc2cscn2)c(Cc2cccc3ccccc23)c1. The lowest BCUT2D eigenvalue weighted by atomic mass is 9.92. The topological polar surface area (TPSA) is 12.9 Å². The number of thiazole rings is 1. The first-order chi connectivity index (χ1) is 18.3. The predicted octanol–water partition coefficient (Wildman–Crippen LogP) is 9.30. The minimum atomic E-state index is 0.371. The van der Waals surface area contributed by atoms with Crippen LogP contribution < -0.4 is 0 Å². The van der Waals surface area contributed by atoms with Crippen molar-refractivity contribution in [1.29, 1.82) is 0 Å². The Morgan fingerprint density at radius 1 is 0.649 bits per heavy atom. The highest BCUT2D eigenvalue weighted by atomic mass is 32.2. The summed E-state index contributed by atoms with van der Waals surface area (Å²) in [5.41, 5.74) is 8.82. The summed E-state index contributed by atoms with van der Waals surface area (Å²) in [6.07, 6.45) is 2.96. The molecule has 0 bridgehead atoms. The summed E-state index contributed by atoms with van der Waals surface area (Å²) in [6.45, 7) is 0. The quantitative estimate of drug-likeness (QED) is 0.190. The summed E-state index contributed by atoms with van der Waals surface area (Å²) >= 11 is 3.75. The number of aromatic nitrogens is 1. The molecule has 0 N–H and O–H groups in total. The maximum Gasteiger partial charge on any atom is 0.0794 e. The van der Waals surface area contributed by atoms with E-state index in [0.717, 1.165) is 25.0 Å². The van der Waals surface area contributed by atoms with E-state index in [-0.39, 0.29) is 0 Å². The highest BCUT2D eigenvalue weighted by Gasteiger charge is 2.19. The van der Waals surface area contributed by atoms with Crippen LogP contribution in [0, 0.1) is 0 Å². The smallest absolute Gasteiger partial charge is 0.0794 e. The Bertz CT molecular complexity index is 1610. The van der Waals surface area contributed by atoms with E-state index in [0.29, 0.717) is 5.25 Å². The molecular formula is C34H29NS2. The van der Waals surface area contributed by atoms with Gasteiger partial charge < -0.3 is 0 Å². The van der Waals surface area contributed by atoms with Gasteiger partial charge in [-0.1, -0.05) is 109 Å². The van der Waals surface area contributed by atoms with Crippen molar-refractivity contribution < 1.29 is 0 Å². The van der Waals surface area contributed by atoms with E-state index in [1.54, 1.807) is 11.3 Å². The minimum Gasteiger partial charge on any atom is -0.250 e. The molecule has 3 heteroatoms. The third kappa shape index (κ3) is 5.49. The molecule has 182 valence electrons. The minimum absolute atomic E-state index is 0.371. The van der Waals surface area contributed by atoms with Gasteiger partial charge in [0.25, 0.3) is 0 Å². The van der Waals surface area contributed by atoms with Gasteiger partial charge in [-0.15, -0.1) is 11.3 Å². The molecular weight excluding hydrogens is 487 g/mol. The van der Waals surface area contributed by atoms with E-state index in [2.05, 4.69) is 131 Å². The Hall–Kier alpha value is -3.40. The number of nitrogens with zero attached hydrogens (tertiary/aromatic N) is 1. The second-order valence-electron chi connectivity index (χ2n) is 9.45. The Morgan fingerprint density at radius 3 is 2.03 bits per heavy atom. The van der Waals surface area contributed by atoms with Crippen LogP contribution in [-0.4, -0.2) is 10.7 Å².